The molecule has 3 N–H and O–H groups in total. The van der Waals surface area contributed by atoms with Gasteiger partial charge in [0.2, 0.25) is 0 Å². The lowest BCUT2D eigenvalue weighted by atomic mass is 10.0. The number of para-hydroxylation sites is 2. The van der Waals surface area contributed by atoms with Crippen LogP contribution in [0.2, 0.25) is 0 Å². The van der Waals surface area contributed by atoms with E-state index >= 15 is 0 Å². The normalized spacial score (nSPS) is 11.2. The van der Waals surface area contributed by atoms with Crippen LogP contribution in [0.5, 0.6) is 0 Å². The van der Waals surface area contributed by atoms with E-state index in [1.807, 2.05) is 37.4 Å². The molecule has 114 valence electrons. The highest BCUT2D eigenvalue weighted by Crippen LogP contribution is 2.36. The fourth-order valence-corrected chi connectivity index (χ4v) is 3.00. The van der Waals surface area contributed by atoms with Gasteiger partial charge in [-0.2, -0.15) is 5.10 Å². The summed E-state index contributed by atoms with van der Waals surface area (Å²) < 4.78 is 2.05. The third-order valence-corrected chi connectivity index (χ3v) is 4.22. The number of hydrogen-bond donors (Lipinski definition) is 2. The van der Waals surface area contributed by atoms with Crippen molar-refractivity contribution in [2.45, 2.75) is 6.92 Å². The Morgan fingerprint density at radius 2 is 1.78 bits per heavy atom. The van der Waals surface area contributed by atoms with E-state index in [2.05, 4.69) is 39.9 Å². The van der Waals surface area contributed by atoms with Crippen LogP contribution in [-0.4, -0.2) is 19.7 Å². The predicted molar refractivity (Wildman–Crippen MR) is 92.9 cm³/mol. The molecule has 0 aliphatic rings. The molecule has 0 spiro atoms. The van der Waals surface area contributed by atoms with Gasteiger partial charge in [0.1, 0.15) is 5.82 Å². The first-order valence-corrected chi connectivity index (χ1v) is 7.48. The molecule has 0 fully saturated rings. The number of H-pyrrole nitrogens is 1. The Labute approximate surface area is 133 Å². The van der Waals surface area contributed by atoms with Crippen LogP contribution in [0.25, 0.3) is 33.7 Å². The van der Waals surface area contributed by atoms with E-state index in [-0.39, 0.29) is 0 Å². The summed E-state index contributed by atoms with van der Waals surface area (Å²) >= 11 is 0. The summed E-state index contributed by atoms with van der Waals surface area (Å²) in [5.74, 6) is 1.28. The van der Waals surface area contributed by atoms with Crippen LogP contribution in [0.3, 0.4) is 0 Å². The maximum absolute atomic E-state index is 6.16. The standard InChI is InChI=1S/C18H17N5/c1-11-7-3-4-8-12(11)16-15(17(19)22-21-16)18-20-13-9-5-6-10-14(13)23(18)2/h3-10H,1-2H3,(H3,19,21,22). The van der Waals surface area contributed by atoms with Crippen molar-refractivity contribution in [3.8, 4) is 22.6 Å². The maximum Gasteiger partial charge on any atom is 0.156 e. The molecular formula is C18H17N5. The summed E-state index contributed by atoms with van der Waals surface area (Å²) in [5.41, 5.74) is 12.2. The number of nitrogen functional groups attached to an aromatic ring is 1. The zero-order valence-electron chi connectivity index (χ0n) is 13.0. The monoisotopic (exact) mass is 303 g/mol. The molecule has 0 unspecified atom stereocenters. The van der Waals surface area contributed by atoms with Crippen LogP contribution in [0.15, 0.2) is 48.5 Å². The Morgan fingerprint density at radius 3 is 2.57 bits per heavy atom. The number of fused-ring (bicyclic) bond motifs is 1. The SMILES string of the molecule is Cc1ccccc1-c1[nH]nc(N)c1-c1nc2ccccc2n1C. The van der Waals surface area contributed by atoms with Crippen molar-refractivity contribution >= 4 is 16.9 Å². The molecule has 0 aliphatic carbocycles. The number of imidazole rings is 1. The number of nitrogens with zero attached hydrogens (tertiary/aromatic N) is 3. The number of nitrogens with one attached hydrogen (secondary N) is 1. The Bertz CT molecular complexity index is 1010. The average molecular weight is 303 g/mol. The Hall–Kier alpha value is -3.08. The van der Waals surface area contributed by atoms with Gasteiger partial charge in [-0.25, -0.2) is 4.98 Å². The highest BCUT2D eigenvalue weighted by Gasteiger charge is 2.20. The van der Waals surface area contributed by atoms with Gasteiger partial charge in [-0.15, -0.1) is 0 Å². The van der Waals surface area contributed by atoms with Gasteiger partial charge < -0.3 is 10.3 Å². The molecule has 2 heterocycles. The number of aryl methyl sites for hydroxylation is 2. The van der Waals surface area contributed by atoms with Crippen molar-refractivity contribution in [3.05, 3.63) is 54.1 Å². The second-order valence-electron chi connectivity index (χ2n) is 5.66. The number of nitrogens with two attached hydrogens (primary N) is 1. The molecule has 0 radical (unpaired) electrons. The average Bonchev–Trinajstić information content (AvgIpc) is 3.09. The van der Waals surface area contributed by atoms with Gasteiger partial charge in [0, 0.05) is 12.6 Å². The summed E-state index contributed by atoms with van der Waals surface area (Å²) in [6, 6.07) is 16.2. The van der Waals surface area contributed by atoms with Crippen LogP contribution < -0.4 is 5.73 Å². The minimum atomic E-state index is 0.460. The molecule has 2 aromatic carbocycles. The Morgan fingerprint density at radius 1 is 1.04 bits per heavy atom. The largest absolute Gasteiger partial charge is 0.382 e. The van der Waals surface area contributed by atoms with E-state index < -0.39 is 0 Å². The van der Waals surface area contributed by atoms with Crippen molar-refractivity contribution in [2.24, 2.45) is 7.05 Å². The second kappa shape index (κ2) is 4.98. The van der Waals surface area contributed by atoms with E-state index in [1.165, 1.54) is 0 Å². The molecular weight excluding hydrogens is 286 g/mol. The fourth-order valence-electron chi connectivity index (χ4n) is 3.00. The van der Waals surface area contributed by atoms with Crippen molar-refractivity contribution in [2.75, 3.05) is 5.73 Å². The lowest BCUT2D eigenvalue weighted by Crippen LogP contribution is -1.97. The number of hydrogen-bond acceptors (Lipinski definition) is 3. The number of benzene rings is 2. The molecule has 5 heteroatoms. The van der Waals surface area contributed by atoms with Crippen LogP contribution >= 0.6 is 0 Å². The lowest BCUT2D eigenvalue weighted by molar-refractivity contribution is 0.960. The van der Waals surface area contributed by atoms with Gasteiger partial charge in [0.25, 0.3) is 0 Å². The molecule has 0 aliphatic heterocycles. The summed E-state index contributed by atoms with van der Waals surface area (Å²) in [6.45, 7) is 2.07. The lowest BCUT2D eigenvalue weighted by Gasteiger charge is -2.07. The maximum atomic E-state index is 6.16. The molecule has 2 aromatic heterocycles. The summed E-state index contributed by atoms with van der Waals surface area (Å²) in [4.78, 5) is 4.75. The molecule has 0 amide bonds. The first-order chi connectivity index (χ1) is 11.2. The number of aromatic amines is 1. The zero-order chi connectivity index (χ0) is 16.0. The number of aromatic nitrogens is 4. The van der Waals surface area contributed by atoms with Gasteiger partial charge in [0.15, 0.2) is 5.82 Å². The Kier molecular flexibility index (Phi) is 2.94. The summed E-state index contributed by atoms with van der Waals surface area (Å²) in [5, 5.41) is 7.29. The Balaban J connectivity index is 2.01. The minimum Gasteiger partial charge on any atom is -0.382 e. The van der Waals surface area contributed by atoms with Gasteiger partial charge in [-0.05, 0) is 24.6 Å². The van der Waals surface area contributed by atoms with Crippen LogP contribution in [0, 0.1) is 6.92 Å². The van der Waals surface area contributed by atoms with Crippen LogP contribution in [0.1, 0.15) is 5.56 Å². The molecule has 4 rings (SSSR count). The predicted octanol–water partition coefficient (Wildman–Crippen LogP) is 3.52. The molecule has 23 heavy (non-hydrogen) atoms. The van der Waals surface area contributed by atoms with Crippen molar-refractivity contribution in [1.82, 2.24) is 19.7 Å². The van der Waals surface area contributed by atoms with E-state index in [0.717, 1.165) is 39.2 Å². The van der Waals surface area contributed by atoms with Gasteiger partial charge in [0.05, 0.1) is 22.3 Å². The smallest absolute Gasteiger partial charge is 0.156 e. The van der Waals surface area contributed by atoms with Gasteiger partial charge in [-0.3, -0.25) is 5.10 Å². The number of anilines is 1. The third kappa shape index (κ3) is 2.01. The van der Waals surface area contributed by atoms with Gasteiger partial charge in [-0.1, -0.05) is 36.4 Å². The fraction of sp³-hybridized carbons (Fsp3) is 0.111. The van der Waals surface area contributed by atoms with Crippen LogP contribution in [0.4, 0.5) is 5.82 Å². The molecule has 0 saturated carbocycles. The molecule has 5 nitrogen and oxygen atoms in total. The quantitative estimate of drug-likeness (QED) is 0.595. The highest BCUT2D eigenvalue weighted by atomic mass is 15.2. The highest BCUT2D eigenvalue weighted by molar-refractivity contribution is 5.90. The van der Waals surface area contributed by atoms with Crippen molar-refractivity contribution in [1.29, 1.82) is 0 Å². The molecule has 4 aromatic rings. The number of rotatable bonds is 2. The summed E-state index contributed by atoms with van der Waals surface area (Å²) in [7, 11) is 2.00. The van der Waals surface area contributed by atoms with E-state index in [0.29, 0.717) is 5.82 Å². The molecule has 0 atom stereocenters. The summed E-state index contributed by atoms with van der Waals surface area (Å²) in [6.07, 6.45) is 0. The minimum absolute atomic E-state index is 0.460. The van der Waals surface area contributed by atoms with Crippen molar-refractivity contribution < 1.29 is 0 Å². The topological polar surface area (TPSA) is 72.5 Å². The second-order valence-corrected chi connectivity index (χ2v) is 5.66. The third-order valence-electron chi connectivity index (χ3n) is 4.22. The van der Waals surface area contributed by atoms with E-state index in [4.69, 9.17) is 10.7 Å². The zero-order valence-corrected chi connectivity index (χ0v) is 13.0. The van der Waals surface area contributed by atoms with Crippen LogP contribution in [-0.2, 0) is 7.05 Å². The molecule has 0 saturated heterocycles. The van der Waals surface area contributed by atoms with Gasteiger partial charge >= 0.3 is 0 Å². The first-order valence-electron chi connectivity index (χ1n) is 7.48. The first kappa shape index (κ1) is 13.6. The molecule has 0 bridgehead atoms. The van der Waals surface area contributed by atoms with Crippen molar-refractivity contribution in [3.63, 3.8) is 0 Å². The van der Waals surface area contributed by atoms with E-state index in [1.54, 1.807) is 0 Å². The van der Waals surface area contributed by atoms with E-state index in [9.17, 15) is 0 Å².